The largest absolute Gasteiger partial charge is 0.478 e. The Balaban J connectivity index is 1.27. The Bertz CT molecular complexity index is 1400. The summed E-state index contributed by atoms with van der Waals surface area (Å²) in [6.07, 6.45) is 9.91. The zero-order valence-corrected chi connectivity index (χ0v) is 24.4. The summed E-state index contributed by atoms with van der Waals surface area (Å²) in [7, 11) is 0. The number of thiophene rings is 1. The molecule has 2 saturated carbocycles. The summed E-state index contributed by atoms with van der Waals surface area (Å²) in [5, 5.41) is 9.35. The summed E-state index contributed by atoms with van der Waals surface area (Å²) < 4.78 is 23.9. The highest BCUT2D eigenvalue weighted by molar-refractivity contribution is 7.19. The molecule has 1 N–H and O–H groups in total. The van der Waals surface area contributed by atoms with E-state index in [0.29, 0.717) is 12.2 Å². The molecule has 6 rings (SSSR count). The van der Waals surface area contributed by atoms with Crippen LogP contribution in [0.3, 0.4) is 0 Å². The van der Waals surface area contributed by atoms with Gasteiger partial charge in [0.05, 0.1) is 17.8 Å². The lowest BCUT2D eigenvalue weighted by atomic mass is 10.0. The van der Waals surface area contributed by atoms with Crippen LogP contribution in [0.4, 0.5) is 0 Å². The van der Waals surface area contributed by atoms with E-state index in [1.165, 1.54) is 25.7 Å². The SMILES string of the molecule is O=C(O)c1ccc(-c2cc(-c3cccc(OCOC4CCCC4)c3)c(-c3cccc(OCOC4CCCC4)c3)s2)cc1. The second kappa shape index (κ2) is 13.6. The van der Waals surface area contributed by atoms with Crippen LogP contribution < -0.4 is 9.47 Å². The normalized spacial score (nSPS) is 15.7. The number of ether oxygens (including phenoxy) is 4. The summed E-state index contributed by atoms with van der Waals surface area (Å²) in [6, 6.07) is 25.4. The summed E-state index contributed by atoms with van der Waals surface area (Å²) in [5.41, 5.74) is 4.37. The zero-order valence-electron chi connectivity index (χ0n) is 23.6. The third kappa shape index (κ3) is 7.04. The Morgan fingerprint density at radius 1 is 0.690 bits per heavy atom. The molecule has 3 aromatic carbocycles. The van der Waals surface area contributed by atoms with Crippen LogP contribution in [0.1, 0.15) is 61.7 Å². The molecule has 6 nitrogen and oxygen atoms in total. The third-order valence-electron chi connectivity index (χ3n) is 8.05. The zero-order chi connectivity index (χ0) is 28.7. The minimum atomic E-state index is -0.934. The quantitative estimate of drug-likeness (QED) is 0.168. The van der Waals surface area contributed by atoms with Crippen molar-refractivity contribution in [2.24, 2.45) is 0 Å². The van der Waals surface area contributed by atoms with Gasteiger partial charge in [-0.25, -0.2) is 4.79 Å². The molecule has 0 radical (unpaired) electrons. The van der Waals surface area contributed by atoms with Crippen molar-refractivity contribution >= 4 is 17.3 Å². The van der Waals surface area contributed by atoms with Gasteiger partial charge in [-0.1, -0.05) is 62.1 Å². The number of carbonyl (C=O) groups is 1. The molecule has 0 amide bonds. The highest BCUT2D eigenvalue weighted by Crippen LogP contribution is 2.44. The van der Waals surface area contributed by atoms with Crippen molar-refractivity contribution in [2.45, 2.75) is 63.6 Å². The summed E-state index contributed by atoms with van der Waals surface area (Å²) in [4.78, 5) is 13.5. The van der Waals surface area contributed by atoms with Crippen LogP contribution in [0.15, 0.2) is 78.9 Å². The van der Waals surface area contributed by atoms with E-state index >= 15 is 0 Å². The van der Waals surface area contributed by atoms with Crippen molar-refractivity contribution in [3.63, 3.8) is 0 Å². The van der Waals surface area contributed by atoms with Crippen LogP contribution >= 0.6 is 11.3 Å². The first-order valence-electron chi connectivity index (χ1n) is 14.8. The van der Waals surface area contributed by atoms with Crippen LogP contribution in [0, 0.1) is 0 Å². The van der Waals surface area contributed by atoms with E-state index in [4.69, 9.17) is 18.9 Å². The lowest BCUT2D eigenvalue weighted by molar-refractivity contribution is -0.0327. The first-order chi connectivity index (χ1) is 20.6. The van der Waals surface area contributed by atoms with Crippen molar-refractivity contribution < 1.29 is 28.8 Å². The maximum Gasteiger partial charge on any atom is 0.335 e. The smallest absolute Gasteiger partial charge is 0.335 e. The van der Waals surface area contributed by atoms with Gasteiger partial charge in [-0.2, -0.15) is 0 Å². The van der Waals surface area contributed by atoms with Gasteiger partial charge in [0.15, 0.2) is 13.6 Å². The fraction of sp³-hybridized carbons (Fsp3) is 0.343. The Morgan fingerprint density at radius 2 is 1.24 bits per heavy atom. The molecule has 4 aromatic rings. The molecule has 0 atom stereocenters. The van der Waals surface area contributed by atoms with Gasteiger partial charge in [-0.15, -0.1) is 11.3 Å². The fourth-order valence-electron chi connectivity index (χ4n) is 5.73. The summed E-state index contributed by atoms with van der Waals surface area (Å²) >= 11 is 1.67. The van der Waals surface area contributed by atoms with Crippen molar-refractivity contribution in [1.82, 2.24) is 0 Å². The molecule has 0 bridgehead atoms. The molecule has 0 unspecified atom stereocenters. The van der Waals surface area contributed by atoms with Gasteiger partial charge in [0, 0.05) is 15.3 Å². The van der Waals surface area contributed by atoms with Crippen LogP contribution in [-0.4, -0.2) is 36.9 Å². The molecule has 0 saturated heterocycles. The highest BCUT2D eigenvalue weighted by Gasteiger charge is 2.18. The number of carboxylic acid groups (broad SMARTS) is 1. The van der Waals surface area contributed by atoms with Crippen LogP contribution in [0.5, 0.6) is 11.5 Å². The van der Waals surface area contributed by atoms with E-state index in [1.54, 1.807) is 23.5 Å². The number of hydrogen-bond acceptors (Lipinski definition) is 6. The topological polar surface area (TPSA) is 74.2 Å². The number of carboxylic acids is 1. The molecule has 0 spiro atoms. The summed E-state index contributed by atoms with van der Waals surface area (Å²) in [5.74, 6) is 0.589. The first kappa shape index (κ1) is 28.5. The van der Waals surface area contributed by atoms with Crippen molar-refractivity contribution in [1.29, 1.82) is 0 Å². The number of hydrogen-bond donors (Lipinski definition) is 1. The Morgan fingerprint density at radius 3 is 1.81 bits per heavy atom. The first-order valence-corrected chi connectivity index (χ1v) is 15.6. The van der Waals surface area contributed by atoms with Gasteiger partial charge in [-0.3, -0.25) is 0 Å². The number of benzene rings is 3. The molecule has 42 heavy (non-hydrogen) atoms. The monoisotopic (exact) mass is 584 g/mol. The molecule has 2 aliphatic carbocycles. The third-order valence-corrected chi connectivity index (χ3v) is 9.29. The van der Waals surface area contributed by atoms with Gasteiger partial charge >= 0.3 is 5.97 Å². The maximum atomic E-state index is 11.4. The standard InChI is InChI=1S/C35H36O6S/c36-35(37)25-17-15-24(16-18-25)33-21-32(26-7-5-13-30(19-26)40-22-38-28-9-1-2-10-28)34(42-33)27-8-6-14-31(20-27)41-23-39-29-11-3-4-12-29/h5-8,13-21,28-29H,1-4,9-12,22-23H2,(H,36,37). The van der Waals surface area contributed by atoms with E-state index < -0.39 is 5.97 Å². The predicted octanol–water partition coefficient (Wildman–Crippen LogP) is 9.04. The predicted molar refractivity (Wildman–Crippen MR) is 165 cm³/mol. The molecule has 0 aliphatic heterocycles. The second-order valence-corrected chi connectivity index (χ2v) is 12.0. The number of aromatic carboxylic acids is 1. The molecular weight excluding hydrogens is 548 g/mol. The molecule has 218 valence electrons. The minimum absolute atomic E-state index is 0.244. The van der Waals surface area contributed by atoms with E-state index in [2.05, 4.69) is 30.3 Å². The van der Waals surface area contributed by atoms with Gasteiger partial charge < -0.3 is 24.1 Å². The average Bonchev–Trinajstić information content (AvgIpc) is 3.81. The van der Waals surface area contributed by atoms with E-state index in [1.807, 2.05) is 36.4 Å². The Labute approximate surface area is 250 Å². The second-order valence-electron chi connectivity index (χ2n) is 11.0. The van der Waals surface area contributed by atoms with Gasteiger partial charge in [0.1, 0.15) is 11.5 Å². The van der Waals surface area contributed by atoms with E-state index in [-0.39, 0.29) is 19.1 Å². The Kier molecular flexibility index (Phi) is 9.18. The van der Waals surface area contributed by atoms with Gasteiger partial charge in [-0.05, 0) is 84.8 Å². The minimum Gasteiger partial charge on any atom is -0.478 e. The summed E-state index contributed by atoms with van der Waals surface area (Å²) in [6.45, 7) is 0.489. The molecular formula is C35H36O6S. The molecule has 2 fully saturated rings. The van der Waals surface area contributed by atoms with Crippen LogP contribution in [0.25, 0.3) is 32.0 Å². The van der Waals surface area contributed by atoms with Crippen LogP contribution in [-0.2, 0) is 9.47 Å². The fourth-order valence-corrected chi connectivity index (χ4v) is 6.91. The van der Waals surface area contributed by atoms with Gasteiger partial charge in [0.2, 0.25) is 0 Å². The van der Waals surface area contributed by atoms with Crippen molar-refractivity contribution in [3.8, 4) is 43.5 Å². The van der Waals surface area contributed by atoms with Crippen molar-refractivity contribution in [2.75, 3.05) is 13.6 Å². The van der Waals surface area contributed by atoms with E-state index in [0.717, 1.165) is 69.2 Å². The Hall–Kier alpha value is -3.65. The maximum absolute atomic E-state index is 11.4. The lowest BCUT2D eigenvalue weighted by Gasteiger charge is -2.14. The highest BCUT2D eigenvalue weighted by atomic mass is 32.1. The van der Waals surface area contributed by atoms with Gasteiger partial charge in [0.25, 0.3) is 0 Å². The molecule has 2 aliphatic rings. The van der Waals surface area contributed by atoms with Crippen LogP contribution in [0.2, 0.25) is 0 Å². The number of rotatable bonds is 12. The van der Waals surface area contributed by atoms with Crippen molar-refractivity contribution in [3.05, 3.63) is 84.4 Å². The molecule has 1 heterocycles. The lowest BCUT2D eigenvalue weighted by Crippen LogP contribution is -2.12. The average molecular weight is 585 g/mol. The molecule has 7 heteroatoms. The molecule has 1 aromatic heterocycles. The van der Waals surface area contributed by atoms with E-state index in [9.17, 15) is 9.90 Å².